The van der Waals surface area contributed by atoms with Gasteiger partial charge in [-0.1, -0.05) is 43.0 Å². The molecule has 0 atom stereocenters. The van der Waals surface area contributed by atoms with Gasteiger partial charge in [0.25, 0.3) is 0 Å². The van der Waals surface area contributed by atoms with E-state index in [4.69, 9.17) is 9.47 Å². The van der Waals surface area contributed by atoms with E-state index in [-0.39, 0.29) is 25.2 Å². The van der Waals surface area contributed by atoms with E-state index in [1.165, 1.54) is 24.4 Å². The molecule has 0 saturated carbocycles. The normalized spacial score (nSPS) is 11.8. The highest BCUT2D eigenvalue weighted by molar-refractivity contribution is 5.89. The molecule has 50 heavy (non-hydrogen) atoms. The zero-order valence-electron chi connectivity index (χ0n) is 26.3. The predicted octanol–water partition coefficient (Wildman–Crippen LogP) is 7.77. The van der Waals surface area contributed by atoms with Crippen LogP contribution in [-0.4, -0.2) is 44.1 Å². The molecule has 0 radical (unpaired) electrons. The Morgan fingerprint density at radius 2 is 1.62 bits per heavy atom. The second-order valence-corrected chi connectivity index (χ2v) is 10.5. The first-order chi connectivity index (χ1) is 23.7. The van der Waals surface area contributed by atoms with E-state index in [1.807, 2.05) is 6.92 Å². The molecule has 0 heterocycles. The van der Waals surface area contributed by atoms with Crippen LogP contribution in [0.1, 0.15) is 30.0 Å². The van der Waals surface area contributed by atoms with Crippen molar-refractivity contribution in [3.8, 4) is 17.2 Å². The van der Waals surface area contributed by atoms with Crippen molar-refractivity contribution in [1.29, 1.82) is 0 Å². The van der Waals surface area contributed by atoms with Gasteiger partial charge in [0.1, 0.15) is 35.8 Å². The number of fused-ring (bicyclic) bond motifs is 1. The molecule has 1 N–H and O–H groups in total. The van der Waals surface area contributed by atoms with Gasteiger partial charge in [-0.25, -0.2) is 9.18 Å². The molecule has 4 rings (SSSR count). The minimum absolute atomic E-state index is 0.133. The number of nitrogens with zero attached hydrogens (tertiary/aromatic N) is 1. The standard InChI is InChI=1S/C35H29F7N2O6/c1-3-43-44-20-23-5-4-6-27(18-23)50-35(41,42)28-12-13-29(32(37)31(28)36)49-30(45)14-8-22-7-9-25-19-26(11-10-24(25)17-22)47-15-16-48-33(46)21(2)34(38,39)40/h4-7,9-13,17-20,43H,2-3,8,14-16H2,1H3/b44-20+. The molecule has 0 spiro atoms. The van der Waals surface area contributed by atoms with Gasteiger partial charge >= 0.3 is 24.2 Å². The molecule has 0 aromatic heterocycles. The Morgan fingerprint density at radius 1 is 0.880 bits per heavy atom. The number of carbonyl (C=O) groups is 2. The highest BCUT2D eigenvalue weighted by Gasteiger charge is 2.40. The van der Waals surface area contributed by atoms with Crippen LogP contribution in [0.5, 0.6) is 17.2 Å². The van der Waals surface area contributed by atoms with Crippen molar-refractivity contribution in [3.63, 3.8) is 0 Å². The van der Waals surface area contributed by atoms with Gasteiger partial charge < -0.3 is 24.4 Å². The second-order valence-electron chi connectivity index (χ2n) is 10.5. The molecule has 4 aromatic rings. The lowest BCUT2D eigenvalue weighted by atomic mass is 10.0. The van der Waals surface area contributed by atoms with Crippen LogP contribution in [0.4, 0.5) is 30.7 Å². The summed E-state index contributed by atoms with van der Waals surface area (Å²) in [6, 6.07) is 16.7. The molecule has 0 aliphatic heterocycles. The summed E-state index contributed by atoms with van der Waals surface area (Å²) >= 11 is 0. The molecule has 15 heteroatoms. The molecule has 0 bridgehead atoms. The summed E-state index contributed by atoms with van der Waals surface area (Å²) in [4.78, 5) is 23.8. The zero-order chi connectivity index (χ0) is 36.5. The minimum atomic E-state index is -4.89. The smallest absolute Gasteiger partial charge is 0.429 e. The monoisotopic (exact) mass is 706 g/mol. The van der Waals surface area contributed by atoms with E-state index < -0.39 is 59.4 Å². The van der Waals surface area contributed by atoms with Gasteiger partial charge in [0.2, 0.25) is 5.82 Å². The molecule has 0 saturated heterocycles. The van der Waals surface area contributed by atoms with Crippen molar-refractivity contribution in [3.05, 3.63) is 113 Å². The lowest BCUT2D eigenvalue weighted by Crippen LogP contribution is -2.24. The van der Waals surface area contributed by atoms with Crippen LogP contribution in [0.2, 0.25) is 0 Å². The van der Waals surface area contributed by atoms with Gasteiger partial charge in [0.05, 0.1) is 6.21 Å². The first-order valence-electron chi connectivity index (χ1n) is 14.9. The Morgan fingerprint density at radius 3 is 2.36 bits per heavy atom. The lowest BCUT2D eigenvalue weighted by molar-refractivity contribution is -0.187. The number of hydrogen-bond donors (Lipinski definition) is 1. The Kier molecular flexibility index (Phi) is 12.1. The maximum Gasteiger partial charge on any atom is 0.429 e. The number of benzene rings is 4. The third kappa shape index (κ3) is 9.96. The predicted molar refractivity (Wildman–Crippen MR) is 168 cm³/mol. The molecular weight excluding hydrogens is 677 g/mol. The molecule has 0 unspecified atom stereocenters. The van der Waals surface area contributed by atoms with E-state index in [1.54, 1.807) is 42.5 Å². The van der Waals surface area contributed by atoms with Crippen LogP contribution < -0.4 is 19.6 Å². The summed E-state index contributed by atoms with van der Waals surface area (Å²) in [6.45, 7) is 4.36. The first-order valence-corrected chi connectivity index (χ1v) is 14.9. The fourth-order valence-electron chi connectivity index (χ4n) is 4.34. The van der Waals surface area contributed by atoms with E-state index in [0.29, 0.717) is 40.9 Å². The Labute approximate surface area is 281 Å². The molecule has 8 nitrogen and oxygen atoms in total. The van der Waals surface area contributed by atoms with E-state index >= 15 is 0 Å². The summed E-state index contributed by atoms with van der Waals surface area (Å²) in [5, 5.41) is 5.32. The van der Waals surface area contributed by atoms with E-state index in [2.05, 4.69) is 26.6 Å². The number of esters is 2. The average Bonchev–Trinajstić information content (AvgIpc) is 3.07. The van der Waals surface area contributed by atoms with Gasteiger partial charge in [0.15, 0.2) is 11.6 Å². The summed E-state index contributed by atoms with van der Waals surface area (Å²) in [5.41, 5.74) is 0.743. The van der Waals surface area contributed by atoms with Crippen LogP contribution in [0, 0.1) is 11.6 Å². The Bertz CT molecular complexity index is 1900. The third-order valence-corrected chi connectivity index (χ3v) is 6.82. The van der Waals surface area contributed by atoms with E-state index in [0.717, 1.165) is 5.39 Å². The van der Waals surface area contributed by atoms with Crippen LogP contribution in [0.3, 0.4) is 0 Å². The van der Waals surface area contributed by atoms with Crippen molar-refractivity contribution in [2.24, 2.45) is 5.10 Å². The molecule has 0 aliphatic carbocycles. The van der Waals surface area contributed by atoms with Crippen molar-refractivity contribution >= 4 is 28.9 Å². The second kappa shape index (κ2) is 16.2. The number of halogens is 7. The SMILES string of the molecule is C=C(C(=O)OCCOc1ccc2cc(CCC(=O)Oc3ccc(C(F)(F)Oc4cccc(/C=N/NCC)c4)c(F)c3F)ccc2c1)C(F)(F)F. The number of carbonyl (C=O) groups excluding carboxylic acids is 2. The molecule has 264 valence electrons. The van der Waals surface area contributed by atoms with E-state index in [9.17, 15) is 40.3 Å². The first kappa shape index (κ1) is 37.2. The molecule has 0 fully saturated rings. The number of aryl methyl sites for hydroxylation is 1. The number of ether oxygens (including phenoxy) is 4. The Hall–Kier alpha value is -5.60. The highest BCUT2D eigenvalue weighted by atomic mass is 19.4. The number of hydrogen-bond acceptors (Lipinski definition) is 8. The average molecular weight is 707 g/mol. The quantitative estimate of drug-likeness (QED) is 0.0257. The zero-order valence-corrected chi connectivity index (χ0v) is 26.3. The van der Waals surface area contributed by atoms with Gasteiger partial charge in [-0.2, -0.15) is 31.4 Å². The minimum Gasteiger partial charge on any atom is -0.490 e. The van der Waals surface area contributed by atoms with Crippen molar-refractivity contribution in [2.75, 3.05) is 19.8 Å². The summed E-state index contributed by atoms with van der Waals surface area (Å²) in [7, 11) is 0. The van der Waals surface area contributed by atoms with Crippen LogP contribution in [0.25, 0.3) is 10.8 Å². The fourth-order valence-corrected chi connectivity index (χ4v) is 4.34. The summed E-state index contributed by atoms with van der Waals surface area (Å²) < 4.78 is 116. The van der Waals surface area contributed by atoms with Crippen molar-refractivity contribution in [1.82, 2.24) is 5.43 Å². The number of nitrogens with one attached hydrogen (secondary N) is 1. The van der Waals surface area contributed by atoms with Crippen LogP contribution in [-0.2, 0) is 26.9 Å². The number of alkyl halides is 5. The number of hydrazone groups is 1. The largest absolute Gasteiger partial charge is 0.490 e. The van der Waals surface area contributed by atoms with Crippen molar-refractivity contribution in [2.45, 2.75) is 32.1 Å². The number of rotatable bonds is 15. The third-order valence-electron chi connectivity index (χ3n) is 6.82. The van der Waals surface area contributed by atoms with Gasteiger partial charge in [-0.3, -0.25) is 4.79 Å². The van der Waals surface area contributed by atoms with Gasteiger partial charge in [-0.15, -0.1) is 0 Å². The maximum atomic E-state index is 14.9. The molecule has 4 aromatic carbocycles. The highest BCUT2D eigenvalue weighted by Crippen LogP contribution is 2.36. The lowest BCUT2D eigenvalue weighted by Gasteiger charge is -2.19. The fraction of sp³-hybridized carbons (Fsp3) is 0.229. The molecule has 0 aliphatic rings. The van der Waals surface area contributed by atoms with Crippen molar-refractivity contribution < 1.29 is 59.3 Å². The Balaban J connectivity index is 1.31. The van der Waals surface area contributed by atoms with Crippen LogP contribution in [0.15, 0.2) is 90.0 Å². The van der Waals surface area contributed by atoms with Gasteiger partial charge in [-0.05, 0) is 71.6 Å². The topological polar surface area (TPSA) is 95.5 Å². The van der Waals surface area contributed by atoms with Gasteiger partial charge in [0, 0.05) is 13.0 Å². The molecular formula is C35H29F7N2O6. The summed E-state index contributed by atoms with van der Waals surface area (Å²) in [6.07, 6.45) is -7.93. The molecule has 0 amide bonds. The van der Waals surface area contributed by atoms with Crippen LogP contribution >= 0.6 is 0 Å². The summed E-state index contributed by atoms with van der Waals surface area (Å²) in [5.74, 6) is -7.13. The maximum absolute atomic E-state index is 14.9.